The number of methoxy groups -OCH3 is 1. The Kier molecular flexibility index (Phi) is 4.07. The number of aromatic nitrogens is 1. The molecular weight excluding hydrogens is 249 g/mol. The van der Waals surface area contributed by atoms with Crippen molar-refractivity contribution in [1.29, 1.82) is 0 Å². The summed E-state index contributed by atoms with van der Waals surface area (Å²) >= 11 is 0. The van der Waals surface area contributed by atoms with Gasteiger partial charge in [-0.3, -0.25) is 4.98 Å². The molecule has 2 aromatic rings. The maximum absolute atomic E-state index is 13.1. The maximum Gasteiger partial charge on any atom is 0.341 e. The number of carbonyl (C=O) groups excluding carboxylic acids is 1. The molecule has 0 saturated carbocycles. The number of rotatable bonds is 4. The fourth-order valence-corrected chi connectivity index (χ4v) is 1.53. The van der Waals surface area contributed by atoms with E-state index in [0.29, 0.717) is 5.69 Å². The Balaban J connectivity index is 2.18. The molecule has 0 aliphatic rings. The Morgan fingerprint density at radius 3 is 2.84 bits per heavy atom. The Morgan fingerprint density at radius 2 is 2.16 bits per heavy atom. The van der Waals surface area contributed by atoms with Crippen molar-refractivity contribution in [3.05, 3.63) is 59.7 Å². The zero-order chi connectivity index (χ0) is 13.7. The maximum atomic E-state index is 13.1. The topological polar surface area (TPSA) is 48.4 Å². The van der Waals surface area contributed by atoms with E-state index in [9.17, 15) is 9.18 Å². The molecule has 5 heteroatoms. The van der Waals surface area contributed by atoms with Crippen LogP contribution in [0.5, 0.6) is 5.75 Å². The van der Waals surface area contributed by atoms with E-state index in [2.05, 4.69) is 9.72 Å². The van der Waals surface area contributed by atoms with Crippen molar-refractivity contribution >= 4 is 5.97 Å². The molecule has 0 atom stereocenters. The first-order chi connectivity index (χ1) is 9.20. The highest BCUT2D eigenvalue weighted by Crippen LogP contribution is 2.21. The van der Waals surface area contributed by atoms with Gasteiger partial charge in [-0.05, 0) is 30.3 Å². The number of pyridine rings is 1. The summed E-state index contributed by atoms with van der Waals surface area (Å²) in [5, 5.41) is 0. The molecule has 0 N–H and O–H groups in total. The summed E-state index contributed by atoms with van der Waals surface area (Å²) in [7, 11) is 1.23. The van der Waals surface area contributed by atoms with E-state index in [0.717, 1.165) is 6.07 Å². The highest BCUT2D eigenvalue weighted by atomic mass is 19.1. The average molecular weight is 261 g/mol. The molecule has 2 rings (SSSR count). The summed E-state index contributed by atoms with van der Waals surface area (Å²) < 4.78 is 23.2. The Labute approximate surface area is 109 Å². The number of hydrogen-bond donors (Lipinski definition) is 0. The molecule has 1 aromatic heterocycles. The molecule has 4 nitrogen and oxygen atoms in total. The standard InChI is InChI=1S/C14H12FNO3/c1-18-14(17)12-8-10(15)5-6-13(12)19-9-11-4-2-3-7-16-11/h2-8H,9H2,1H3. The lowest BCUT2D eigenvalue weighted by Crippen LogP contribution is -2.07. The van der Waals surface area contributed by atoms with Crippen molar-refractivity contribution < 1.29 is 18.7 Å². The first kappa shape index (κ1) is 13.0. The molecule has 0 saturated heterocycles. The third-order valence-corrected chi connectivity index (χ3v) is 2.45. The van der Waals surface area contributed by atoms with Crippen molar-refractivity contribution in [1.82, 2.24) is 4.98 Å². The van der Waals surface area contributed by atoms with Crippen LogP contribution in [0.25, 0.3) is 0 Å². The van der Waals surface area contributed by atoms with Gasteiger partial charge in [0.2, 0.25) is 0 Å². The zero-order valence-electron chi connectivity index (χ0n) is 10.3. The number of nitrogens with zero attached hydrogens (tertiary/aromatic N) is 1. The van der Waals surface area contributed by atoms with E-state index in [1.807, 2.05) is 6.07 Å². The van der Waals surface area contributed by atoms with Crippen LogP contribution < -0.4 is 4.74 Å². The number of carbonyl (C=O) groups is 1. The van der Waals surface area contributed by atoms with Gasteiger partial charge in [-0.25, -0.2) is 9.18 Å². The van der Waals surface area contributed by atoms with E-state index in [1.165, 1.54) is 19.2 Å². The van der Waals surface area contributed by atoms with Crippen molar-refractivity contribution in [2.75, 3.05) is 7.11 Å². The first-order valence-electron chi connectivity index (χ1n) is 5.61. The summed E-state index contributed by atoms with van der Waals surface area (Å²) in [5.74, 6) is -0.903. The molecule has 0 unspecified atom stereocenters. The Hall–Kier alpha value is -2.43. The van der Waals surface area contributed by atoms with Crippen LogP contribution in [-0.2, 0) is 11.3 Å². The van der Waals surface area contributed by atoms with Crippen LogP contribution >= 0.6 is 0 Å². The van der Waals surface area contributed by atoms with Gasteiger partial charge in [-0.1, -0.05) is 6.07 Å². The summed E-state index contributed by atoms with van der Waals surface area (Å²) in [6.45, 7) is 0.191. The lowest BCUT2D eigenvalue weighted by Gasteiger charge is -2.09. The van der Waals surface area contributed by atoms with Gasteiger partial charge in [0.1, 0.15) is 23.7 Å². The van der Waals surface area contributed by atoms with Gasteiger partial charge in [0, 0.05) is 6.20 Å². The molecular formula is C14H12FNO3. The molecule has 1 heterocycles. The number of halogens is 1. The quantitative estimate of drug-likeness (QED) is 0.794. The first-order valence-corrected chi connectivity index (χ1v) is 5.61. The molecule has 0 radical (unpaired) electrons. The number of benzene rings is 1. The van der Waals surface area contributed by atoms with Crippen LogP contribution in [0.2, 0.25) is 0 Å². The molecule has 1 aromatic carbocycles. The monoisotopic (exact) mass is 261 g/mol. The second-order valence-electron chi connectivity index (χ2n) is 3.74. The van der Waals surface area contributed by atoms with Gasteiger partial charge in [-0.2, -0.15) is 0 Å². The number of ether oxygens (including phenoxy) is 2. The predicted octanol–water partition coefficient (Wildman–Crippen LogP) is 2.59. The molecule has 0 aliphatic heterocycles. The summed E-state index contributed by atoms with van der Waals surface area (Å²) in [6.07, 6.45) is 1.64. The van der Waals surface area contributed by atoms with Crippen LogP contribution in [0.1, 0.15) is 16.1 Å². The van der Waals surface area contributed by atoms with Crippen molar-refractivity contribution in [3.63, 3.8) is 0 Å². The van der Waals surface area contributed by atoms with Gasteiger partial charge in [-0.15, -0.1) is 0 Å². The summed E-state index contributed by atoms with van der Waals surface area (Å²) in [5.41, 5.74) is 0.765. The predicted molar refractivity (Wildman–Crippen MR) is 66.3 cm³/mol. The fraction of sp³-hybridized carbons (Fsp3) is 0.143. The molecule has 0 bridgehead atoms. The normalized spacial score (nSPS) is 10.0. The lowest BCUT2D eigenvalue weighted by atomic mass is 10.2. The van der Waals surface area contributed by atoms with Crippen LogP contribution in [-0.4, -0.2) is 18.1 Å². The zero-order valence-corrected chi connectivity index (χ0v) is 10.3. The van der Waals surface area contributed by atoms with Gasteiger partial charge >= 0.3 is 5.97 Å². The van der Waals surface area contributed by atoms with E-state index >= 15 is 0 Å². The minimum Gasteiger partial charge on any atom is -0.486 e. The van der Waals surface area contributed by atoms with Gasteiger partial charge in [0.25, 0.3) is 0 Å². The highest BCUT2D eigenvalue weighted by molar-refractivity contribution is 5.92. The lowest BCUT2D eigenvalue weighted by molar-refractivity contribution is 0.0595. The van der Waals surface area contributed by atoms with Crippen LogP contribution in [0.3, 0.4) is 0 Å². The van der Waals surface area contributed by atoms with E-state index in [1.54, 1.807) is 18.3 Å². The number of hydrogen-bond acceptors (Lipinski definition) is 4. The second kappa shape index (κ2) is 5.95. The molecule has 0 aliphatic carbocycles. The summed E-state index contributed by atoms with van der Waals surface area (Å²) in [6, 6.07) is 9.12. The summed E-state index contributed by atoms with van der Waals surface area (Å²) in [4.78, 5) is 15.6. The second-order valence-corrected chi connectivity index (χ2v) is 3.74. The molecule has 0 fully saturated rings. The average Bonchev–Trinajstić information content (AvgIpc) is 2.46. The van der Waals surface area contributed by atoms with Crippen LogP contribution in [0, 0.1) is 5.82 Å². The SMILES string of the molecule is COC(=O)c1cc(F)ccc1OCc1ccccn1. The molecule has 0 amide bonds. The number of esters is 1. The van der Waals surface area contributed by atoms with Gasteiger partial charge < -0.3 is 9.47 Å². The largest absolute Gasteiger partial charge is 0.486 e. The van der Waals surface area contributed by atoms with E-state index in [-0.39, 0.29) is 17.9 Å². The van der Waals surface area contributed by atoms with E-state index in [4.69, 9.17) is 4.74 Å². The fourth-order valence-electron chi connectivity index (χ4n) is 1.53. The smallest absolute Gasteiger partial charge is 0.341 e. The van der Waals surface area contributed by atoms with Gasteiger partial charge in [0.05, 0.1) is 12.8 Å². The van der Waals surface area contributed by atoms with Crippen molar-refractivity contribution in [2.45, 2.75) is 6.61 Å². The van der Waals surface area contributed by atoms with Crippen LogP contribution in [0.15, 0.2) is 42.6 Å². The third-order valence-electron chi connectivity index (χ3n) is 2.45. The highest BCUT2D eigenvalue weighted by Gasteiger charge is 2.14. The Morgan fingerprint density at radius 1 is 1.32 bits per heavy atom. The van der Waals surface area contributed by atoms with Crippen LogP contribution in [0.4, 0.5) is 4.39 Å². The molecule has 0 spiro atoms. The molecule has 98 valence electrons. The minimum atomic E-state index is -0.643. The molecule has 19 heavy (non-hydrogen) atoms. The third kappa shape index (κ3) is 3.28. The van der Waals surface area contributed by atoms with E-state index < -0.39 is 11.8 Å². The minimum absolute atomic E-state index is 0.0541. The van der Waals surface area contributed by atoms with Gasteiger partial charge in [0.15, 0.2) is 0 Å². The Bertz CT molecular complexity index is 572. The van der Waals surface area contributed by atoms with Crippen molar-refractivity contribution in [3.8, 4) is 5.75 Å². The van der Waals surface area contributed by atoms with Crippen molar-refractivity contribution in [2.24, 2.45) is 0 Å².